The Morgan fingerprint density at radius 3 is 2.46 bits per heavy atom. The largest absolute Gasteiger partial charge is 0.331 e. The number of aromatic amines is 1. The molecule has 0 unspecified atom stereocenters. The quantitative estimate of drug-likeness (QED) is 0.483. The molecule has 1 aromatic heterocycles. The van der Waals surface area contributed by atoms with Crippen molar-refractivity contribution >= 4 is 10.9 Å². The monoisotopic (exact) mass is 188 g/mol. The van der Waals surface area contributed by atoms with Crippen LogP contribution in [0.2, 0.25) is 0 Å². The van der Waals surface area contributed by atoms with Crippen molar-refractivity contribution < 1.29 is 17.6 Å². The summed E-state index contributed by atoms with van der Waals surface area (Å²) in [4.78, 5) is 2.00. The van der Waals surface area contributed by atoms with Crippen LogP contribution in [0.3, 0.4) is 0 Å². The predicted octanol–water partition coefficient (Wildman–Crippen LogP) is 2.52. The molecule has 13 heavy (non-hydrogen) atoms. The number of hydrogen-bond acceptors (Lipinski definition) is 0. The molecule has 1 nitrogen and oxygen atoms in total. The molecule has 0 bridgehead atoms. The zero-order chi connectivity index (χ0) is 9.59. The van der Waals surface area contributed by atoms with Crippen molar-refractivity contribution in [2.45, 2.75) is 0 Å². The van der Waals surface area contributed by atoms with Gasteiger partial charge in [-0.1, -0.05) is 0 Å². The van der Waals surface area contributed by atoms with Gasteiger partial charge in [-0.2, -0.15) is 4.39 Å². The van der Waals surface area contributed by atoms with Gasteiger partial charge in [0.2, 0.25) is 0 Å². The summed E-state index contributed by atoms with van der Waals surface area (Å²) in [5, 5.41) is -0.420. The van der Waals surface area contributed by atoms with Gasteiger partial charge in [-0.3, -0.25) is 0 Å². The third-order valence-electron chi connectivity index (χ3n) is 1.64. The van der Waals surface area contributed by atoms with E-state index < -0.39 is 28.8 Å². The molecule has 1 radical (unpaired) electrons. The molecule has 2 aromatic rings. The van der Waals surface area contributed by atoms with Gasteiger partial charge < -0.3 is 4.98 Å². The van der Waals surface area contributed by atoms with E-state index in [4.69, 9.17) is 0 Å². The maximum absolute atomic E-state index is 12.8. The highest BCUT2D eigenvalue weighted by Crippen LogP contribution is 2.22. The van der Waals surface area contributed by atoms with Crippen molar-refractivity contribution in [1.82, 2.24) is 4.98 Å². The van der Waals surface area contributed by atoms with Crippen molar-refractivity contribution in [3.8, 4) is 0 Å². The highest BCUT2D eigenvalue weighted by molar-refractivity contribution is 5.79. The lowest BCUT2D eigenvalue weighted by atomic mass is 10.2. The van der Waals surface area contributed by atoms with Crippen molar-refractivity contribution in [2.24, 2.45) is 0 Å². The van der Waals surface area contributed by atoms with Gasteiger partial charge in [-0.15, -0.1) is 0 Å². The van der Waals surface area contributed by atoms with E-state index in [9.17, 15) is 17.6 Å². The topological polar surface area (TPSA) is 15.8 Å². The number of benzene rings is 1. The summed E-state index contributed by atoms with van der Waals surface area (Å²) in [7, 11) is 0. The van der Waals surface area contributed by atoms with E-state index in [0.717, 1.165) is 0 Å². The van der Waals surface area contributed by atoms with Crippen LogP contribution in [0.4, 0.5) is 17.6 Å². The summed E-state index contributed by atoms with van der Waals surface area (Å²) in [5.74, 6) is -5.38. The molecular formula is C8H2F4N. The Morgan fingerprint density at radius 2 is 1.77 bits per heavy atom. The van der Waals surface area contributed by atoms with Gasteiger partial charge in [-0.25, -0.2) is 13.2 Å². The fraction of sp³-hybridized carbons (Fsp3) is 0. The van der Waals surface area contributed by atoms with Crippen molar-refractivity contribution in [3.05, 3.63) is 35.5 Å². The molecule has 2 rings (SSSR count). The first-order valence-electron chi connectivity index (χ1n) is 3.33. The lowest BCUT2D eigenvalue weighted by molar-refractivity contribution is 0.453. The summed E-state index contributed by atoms with van der Waals surface area (Å²) in [5.41, 5.74) is -0.158. The Kier molecular flexibility index (Phi) is 1.55. The van der Waals surface area contributed by atoms with Crippen LogP contribution in [-0.4, -0.2) is 4.98 Å². The molecule has 0 amide bonds. The molecule has 1 aromatic carbocycles. The summed E-state index contributed by atoms with van der Waals surface area (Å²) < 4.78 is 50.4. The van der Waals surface area contributed by atoms with Crippen molar-refractivity contribution in [1.29, 1.82) is 0 Å². The van der Waals surface area contributed by atoms with Gasteiger partial charge in [0, 0.05) is 11.5 Å². The average Bonchev–Trinajstić information content (AvgIpc) is 2.42. The Labute approximate surface area is 70.0 Å². The summed E-state index contributed by atoms with van der Waals surface area (Å²) in [6, 6.07) is 2.56. The minimum absolute atomic E-state index is 0.158. The van der Waals surface area contributed by atoms with Crippen LogP contribution in [0.5, 0.6) is 0 Å². The average molecular weight is 188 g/mol. The van der Waals surface area contributed by atoms with Crippen LogP contribution in [0.15, 0.2) is 6.07 Å². The first kappa shape index (κ1) is 8.10. The van der Waals surface area contributed by atoms with E-state index >= 15 is 0 Å². The van der Waals surface area contributed by atoms with Crippen molar-refractivity contribution in [2.75, 3.05) is 0 Å². The lowest BCUT2D eigenvalue weighted by Crippen LogP contribution is -1.90. The molecule has 1 heterocycles. The molecule has 0 aliphatic rings. The SMILES string of the molecule is Fc1[c]c2c(F)c(F)c(F)cc2[nH]1. The molecular weight excluding hydrogens is 186 g/mol. The molecule has 0 aliphatic heterocycles. The Balaban J connectivity index is 2.92. The van der Waals surface area contributed by atoms with Crippen molar-refractivity contribution in [3.63, 3.8) is 0 Å². The second-order valence-corrected chi connectivity index (χ2v) is 2.47. The molecule has 0 saturated heterocycles. The van der Waals surface area contributed by atoms with E-state index in [0.29, 0.717) is 6.07 Å². The Hall–Kier alpha value is -1.52. The number of aromatic nitrogens is 1. The smallest absolute Gasteiger partial charge is 0.200 e. The van der Waals surface area contributed by atoms with E-state index in [1.165, 1.54) is 0 Å². The van der Waals surface area contributed by atoms with E-state index in [2.05, 4.69) is 0 Å². The molecule has 0 saturated carbocycles. The van der Waals surface area contributed by atoms with E-state index in [1.54, 1.807) is 0 Å². The van der Waals surface area contributed by atoms with Crippen LogP contribution in [0.1, 0.15) is 0 Å². The number of hydrogen-bond donors (Lipinski definition) is 1. The summed E-state index contributed by atoms with van der Waals surface area (Å²) in [6.07, 6.45) is 0. The fourth-order valence-electron chi connectivity index (χ4n) is 1.08. The van der Waals surface area contributed by atoms with E-state index in [1.807, 2.05) is 11.1 Å². The molecule has 0 spiro atoms. The van der Waals surface area contributed by atoms with Crippen LogP contribution in [0, 0.1) is 29.5 Å². The number of rotatable bonds is 0. The van der Waals surface area contributed by atoms with Crippen LogP contribution < -0.4 is 0 Å². The minimum atomic E-state index is -1.62. The number of fused-ring (bicyclic) bond motifs is 1. The third kappa shape index (κ3) is 1.07. The van der Waals surface area contributed by atoms with Gasteiger partial charge in [0.25, 0.3) is 0 Å². The first-order chi connectivity index (χ1) is 6.09. The van der Waals surface area contributed by atoms with Gasteiger partial charge in [-0.05, 0) is 0 Å². The van der Waals surface area contributed by atoms with Crippen LogP contribution >= 0.6 is 0 Å². The molecule has 0 atom stereocenters. The second-order valence-electron chi connectivity index (χ2n) is 2.47. The Morgan fingerprint density at radius 1 is 1.08 bits per heavy atom. The van der Waals surface area contributed by atoms with Crippen LogP contribution in [0.25, 0.3) is 10.9 Å². The number of nitrogens with one attached hydrogen (secondary N) is 1. The normalized spacial score (nSPS) is 11.1. The highest BCUT2D eigenvalue weighted by Gasteiger charge is 2.15. The first-order valence-corrected chi connectivity index (χ1v) is 3.33. The number of halogens is 4. The van der Waals surface area contributed by atoms with Gasteiger partial charge in [0.15, 0.2) is 23.4 Å². The third-order valence-corrected chi connectivity index (χ3v) is 1.64. The van der Waals surface area contributed by atoms with E-state index in [-0.39, 0.29) is 5.52 Å². The van der Waals surface area contributed by atoms with Gasteiger partial charge in [0.05, 0.1) is 11.6 Å². The number of H-pyrrole nitrogens is 1. The highest BCUT2D eigenvalue weighted by atomic mass is 19.2. The summed E-state index contributed by atoms with van der Waals surface area (Å²) >= 11 is 0. The maximum Gasteiger partial charge on any atom is 0.200 e. The molecule has 5 heteroatoms. The standard InChI is InChI=1S/C8H2F4N/c9-4-2-5-3(1-6(10)13-5)7(11)8(4)12/h2,13H. The molecule has 67 valence electrons. The van der Waals surface area contributed by atoms with Crippen LogP contribution in [-0.2, 0) is 0 Å². The minimum Gasteiger partial charge on any atom is -0.331 e. The zero-order valence-electron chi connectivity index (χ0n) is 6.09. The maximum atomic E-state index is 12.8. The Bertz CT molecular complexity index is 474. The molecule has 1 N–H and O–H groups in total. The van der Waals surface area contributed by atoms with Gasteiger partial charge in [0.1, 0.15) is 0 Å². The molecule has 0 aliphatic carbocycles. The summed E-state index contributed by atoms with van der Waals surface area (Å²) in [6.45, 7) is 0. The van der Waals surface area contributed by atoms with Gasteiger partial charge >= 0.3 is 0 Å². The molecule has 0 fully saturated rings. The second kappa shape index (κ2) is 2.48. The zero-order valence-corrected chi connectivity index (χ0v) is 6.09. The fourth-order valence-corrected chi connectivity index (χ4v) is 1.08. The predicted molar refractivity (Wildman–Crippen MR) is 37.0 cm³/mol. The lowest BCUT2D eigenvalue weighted by Gasteiger charge is -1.95.